The molecule has 1 aromatic carbocycles. The van der Waals surface area contributed by atoms with Gasteiger partial charge in [-0.1, -0.05) is 24.3 Å². The second-order valence-electron chi connectivity index (χ2n) is 5.40. The molecule has 0 bridgehead atoms. The number of carbonyl (C=O) groups excluding carboxylic acids is 2. The minimum atomic E-state index is -0.646. The normalized spacial score (nSPS) is 21.6. The fourth-order valence-electron chi connectivity index (χ4n) is 2.35. The van der Waals surface area contributed by atoms with Gasteiger partial charge in [-0.2, -0.15) is 0 Å². The standard InChI is InChI=1S/C15H20N2O3/c1-15(7-13(18)17-10-15)14(19)16-8-11-5-3-4-6-12(11)9-20-2/h3-6H,7-10H2,1-2H3,(H,16,19)(H,17,18). The molecule has 1 aliphatic rings. The Morgan fingerprint density at radius 3 is 2.70 bits per heavy atom. The molecule has 0 aromatic heterocycles. The van der Waals surface area contributed by atoms with Crippen LogP contribution in [-0.2, 0) is 27.5 Å². The summed E-state index contributed by atoms with van der Waals surface area (Å²) in [5.74, 6) is -0.162. The largest absolute Gasteiger partial charge is 0.380 e. The number of rotatable bonds is 5. The van der Waals surface area contributed by atoms with E-state index in [-0.39, 0.29) is 18.2 Å². The molecule has 2 N–H and O–H groups in total. The summed E-state index contributed by atoms with van der Waals surface area (Å²) >= 11 is 0. The van der Waals surface area contributed by atoms with Crippen molar-refractivity contribution >= 4 is 11.8 Å². The van der Waals surface area contributed by atoms with Gasteiger partial charge in [-0.25, -0.2) is 0 Å². The molecule has 0 saturated carbocycles. The number of ether oxygens (including phenoxy) is 1. The Balaban J connectivity index is 1.98. The highest BCUT2D eigenvalue weighted by Gasteiger charge is 2.40. The second-order valence-corrected chi connectivity index (χ2v) is 5.40. The van der Waals surface area contributed by atoms with E-state index in [9.17, 15) is 9.59 Å². The van der Waals surface area contributed by atoms with Crippen LogP contribution in [0.4, 0.5) is 0 Å². The predicted molar refractivity (Wildman–Crippen MR) is 74.7 cm³/mol. The van der Waals surface area contributed by atoms with Gasteiger partial charge in [-0.05, 0) is 18.1 Å². The van der Waals surface area contributed by atoms with Crippen LogP contribution >= 0.6 is 0 Å². The topological polar surface area (TPSA) is 67.4 Å². The maximum atomic E-state index is 12.2. The number of methoxy groups -OCH3 is 1. The predicted octanol–water partition coefficient (Wildman–Crippen LogP) is 0.975. The Bertz CT molecular complexity index is 516. The third-order valence-corrected chi connectivity index (χ3v) is 3.63. The first-order chi connectivity index (χ1) is 9.55. The average Bonchev–Trinajstić information content (AvgIpc) is 2.79. The van der Waals surface area contributed by atoms with Gasteiger partial charge < -0.3 is 15.4 Å². The zero-order valence-electron chi connectivity index (χ0n) is 11.9. The van der Waals surface area contributed by atoms with Crippen molar-refractivity contribution in [1.82, 2.24) is 10.6 Å². The molecule has 1 heterocycles. The number of nitrogens with one attached hydrogen (secondary N) is 2. The van der Waals surface area contributed by atoms with Crippen molar-refractivity contribution in [2.45, 2.75) is 26.5 Å². The van der Waals surface area contributed by atoms with Crippen molar-refractivity contribution in [3.8, 4) is 0 Å². The lowest BCUT2D eigenvalue weighted by Crippen LogP contribution is -2.40. The Morgan fingerprint density at radius 1 is 1.40 bits per heavy atom. The molecule has 1 fully saturated rings. The Morgan fingerprint density at radius 2 is 2.10 bits per heavy atom. The molecule has 0 spiro atoms. The Kier molecular flexibility index (Phi) is 4.39. The molecular formula is C15H20N2O3. The van der Waals surface area contributed by atoms with E-state index in [1.165, 1.54) is 0 Å². The van der Waals surface area contributed by atoms with Crippen molar-refractivity contribution in [1.29, 1.82) is 0 Å². The maximum absolute atomic E-state index is 12.2. The van der Waals surface area contributed by atoms with E-state index < -0.39 is 5.41 Å². The summed E-state index contributed by atoms with van der Waals surface area (Å²) in [5.41, 5.74) is 1.44. The van der Waals surface area contributed by atoms with Gasteiger partial charge >= 0.3 is 0 Å². The summed E-state index contributed by atoms with van der Waals surface area (Å²) in [6.07, 6.45) is 0.249. The molecule has 5 nitrogen and oxygen atoms in total. The Labute approximate surface area is 118 Å². The van der Waals surface area contributed by atoms with Crippen LogP contribution in [0.2, 0.25) is 0 Å². The van der Waals surface area contributed by atoms with E-state index in [1.54, 1.807) is 14.0 Å². The van der Waals surface area contributed by atoms with Crippen molar-refractivity contribution in [3.05, 3.63) is 35.4 Å². The van der Waals surface area contributed by atoms with E-state index in [2.05, 4.69) is 10.6 Å². The molecule has 1 aromatic rings. The number of amides is 2. The van der Waals surface area contributed by atoms with Crippen LogP contribution < -0.4 is 10.6 Å². The first-order valence-electron chi connectivity index (χ1n) is 6.66. The van der Waals surface area contributed by atoms with Crippen molar-refractivity contribution in [2.24, 2.45) is 5.41 Å². The average molecular weight is 276 g/mol. The number of hydrogen-bond acceptors (Lipinski definition) is 3. The molecule has 0 aliphatic carbocycles. The molecule has 2 amide bonds. The lowest BCUT2D eigenvalue weighted by molar-refractivity contribution is -0.131. The summed E-state index contributed by atoms with van der Waals surface area (Å²) in [5, 5.41) is 5.62. The minimum Gasteiger partial charge on any atom is -0.380 e. The fourth-order valence-corrected chi connectivity index (χ4v) is 2.35. The van der Waals surface area contributed by atoms with Gasteiger partial charge in [0, 0.05) is 26.6 Å². The molecule has 1 atom stereocenters. The molecule has 5 heteroatoms. The van der Waals surface area contributed by atoms with Crippen LogP contribution in [0.5, 0.6) is 0 Å². The van der Waals surface area contributed by atoms with Crippen LogP contribution in [-0.4, -0.2) is 25.5 Å². The highest BCUT2D eigenvalue weighted by molar-refractivity contribution is 5.92. The quantitative estimate of drug-likeness (QED) is 0.842. The third-order valence-electron chi connectivity index (χ3n) is 3.63. The zero-order valence-corrected chi connectivity index (χ0v) is 11.9. The SMILES string of the molecule is COCc1ccccc1CNC(=O)C1(C)CNC(=O)C1. The zero-order chi connectivity index (χ0) is 14.6. The van der Waals surface area contributed by atoms with Crippen LogP contribution in [0.1, 0.15) is 24.5 Å². The van der Waals surface area contributed by atoms with E-state index in [1.807, 2.05) is 24.3 Å². The van der Waals surface area contributed by atoms with Crippen LogP contribution in [0, 0.1) is 5.41 Å². The van der Waals surface area contributed by atoms with Gasteiger partial charge in [-0.3, -0.25) is 9.59 Å². The molecule has 0 radical (unpaired) electrons. The van der Waals surface area contributed by atoms with E-state index in [0.717, 1.165) is 11.1 Å². The monoisotopic (exact) mass is 276 g/mol. The summed E-state index contributed by atoms with van der Waals surface area (Å²) in [4.78, 5) is 23.5. The summed E-state index contributed by atoms with van der Waals surface area (Å²) in [7, 11) is 1.65. The van der Waals surface area contributed by atoms with Gasteiger partial charge in [0.15, 0.2) is 0 Å². The van der Waals surface area contributed by atoms with Gasteiger partial charge in [0.05, 0.1) is 12.0 Å². The van der Waals surface area contributed by atoms with Gasteiger partial charge in [0.2, 0.25) is 11.8 Å². The van der Waals surface area contributed by atoms with Crippen molar-refractivity contribution in [2.75, 3.05) is 13.7 Å². The van der Waals surface area contributed by atoms with Gasteiger partial charge in [-0.15, -0.1) is 0 Å². The lowest BCUT2D eigenvalue weighted by atomic mass is 9.88. The summed E-state index contributed by atoms with van der Waals surface area (Å²) < 4.78 is 5.14. The van der Waals surface area contributed by atoms with Crippen molar-refractivity contribution < 1.29 is 14.3 Å². The van der Waals surface area contributed by atoms with Gasteiger partial charge in [0.1, 0.15) is 0 Å². The van der Waals surface area contributed by atoms with Gasteiger partial charge in [0.25, 0.3) is 0 Å². The highest BCUT2D eigenvalue weighted by atomic mass is 16.5. The third kappa shape index (κ3) is 3.17. The van der Waals surface area contributed by atoms with E-state index >= 15 is 0 Å². The summed E-state index contributed by atoms with van der Waals surface area (Å²) in [6, 6.07) is 7.83. The highest BCUT2D eigenvalue weighted by Crippen LogP contribution is 2.25. The number of hydrogen-bond donors (Lipinski definition) is 2. The van der Waals surface area contributed by atoms with E-state index in [0.29, 0.717) is 19.7 Å². The first-order valence-corrected chi connectivity index (χ1v) is 6.66. The molecule has 1 unspecified atom stereocenters. The second kappa shape index (κ2) is 6.05. The lowest BCUT2D eigenvalue weighted by Gasteiger charge is -2.21. The molecule has 2 rings (SSSR count). The Hall–Kier alpha value is -1.88. The molecule has 20 heavy (non-hydrogen) atoms. The molecule has 1 saturated heterocycles. The molecule has 108 valence electrons. The van der Waals surface area contributed by atoms with Crippen LogP contribution in [0.3, 0.4) is 0 Å². The van der Waals surface area contributed by atoms with E-state index in [4.69, 9.17) is 4.74 Å². The molecule has 1 aliphatic heterocycles. The molecular weight excluding hydrogens is 256 g/mol. The summed E-state index contributed by atoms with van der Waals surface area (Å²) in [6.45, 7) is 3.17. The fraction of sp³-hybridized carbons (Fsp3) is 0.467. The van der Waals surface area contributed by atoms with Crippen LogP contribution in [0.25, 0.3) is 0 Å². The smallest absolute Gasteiger partial charge is 0.228 e. The minimum absolute atomic E-state index is 0.0672. The number of carbonyl (C=O) groups is 2. The number of benzene rings is 1. The first kappa shape index (κ1) is 14.5. The van der Waals surface area contributed by atoms with Crippen molar-refractivity contribution in [3.63, 3.8) is 0 Å². The maximum Gasteiger partial charge on any atom is 0.228 e. The van der Waals surface area contributed by atoms with Crippen LogP contribution in [0.15, 0.2) is 24.3 Å².